The van der Waals surface area contributed by atoms with E-state index in [1.54, 1.807) is 4.90 Å². The molecule has 0 saturated carbocycles. The Morgan fingerprint density at radius 1 is 1.29 bits per heavy atom. The third kappa shape index (κ3) is 5.30. The van der Waals surface area contributed by atoms with Crippen LogP contribution >= 0.6 is 11.3 Å². The Morgan fingerprint density at radius 3 is 2.68 bits per heavy atom. The number of amides is 2. The van der Waals surface area contributed by atoms with Gasteiger partial charge in [-0.25, -0.2) is 4.98 Å². The van der Waals surface area contributed by atoms with Crippen LogP contribution in [0.15, 0.2) is 5.38 Å². The van der Waals surface area contributed by atoms with E-state index in [1.807, 2.05) is 5.38 Å². The van der Waals surface area contributed by atoms with Gasteiger partial charge in [-0.1, -0.05) is 26.7 Å². The Balaban J connectivity index is 1.54. The van der Waals surface area contributed by atoms with Crippen molar-refractivity contribution in [2.75, 3.05) is 44.3 Å². The molecule has 7 nitrogen and oxygen atoms in total. The molecule has 2 fully saturated rings. The van der Waals surface area contributed by atoms with E-state index in [0.29, 0.717) is 30.1 Å². The Labute approximate surface area is 171 Å². The second kappa shape index (κ2) is 10.3. The molecule has 3 heterocycles. The molecular formula is C20H32N4O3S. The Bertz CT molecular complexity index is 656. The van der Waals surface area contributed by atoms with Gasteiger partial charge in [0, 0.05) is 44.0 Å². The van der Waals surface area contributed by atoms with Gasteiger partial charge in [-0.3, -0.25) is 19.4 Å². The van der Waals surface area contributed by atoms with Crippen molar-refractivity contribution < 1.29 is 14.3 Å². The van der Waals surface area contributed by atoms with Crippen LogP contribution < -0.4 is 10.2 Å². The number of carbonyl (C=O) groups is 2. The maximum Gasteiger partial charge on any atom is 0.228 e. The zero-order valence-corrected chi connectivity index (χ0v) is 17.8. The summed E-state index contributed by atoms with van der Waals surface area (Å²) in [6, 6.07) is 0.344. The lowest BCUT2D eigenvalue weighted by Crippen LogP contribution is -2.52. The highest BCUT2D eigenvalue weighted by Gasteiger charge is 2.28. The number of morpholine rings is 1. The summed E-state index contributed by atoms with van der Waals surface area (Å²) in [5, 5.41) is 5.73. The number of rotatable bonds is 9. The first-order valence-corrected chi connectivity index (χ1v) is 11.3. The minimum Gasteiger partial charge on any atom is -0.379 e. The SMILES string of the molecule is CCC(CC)C(CNC(=O)Cc1csc(N2CCCC2=O)n1)N1CCOCC1. The van der Waals surface area contributed by atoms with Crippen LogP contribution in [0, 0.1) is 5.92 Å². The molecule has 1 aromatic rings. The van der Waals surface area contributed by atoms with Crippen molar-refractivity contribution in [1.82, 2.24) is 15.2 Å². The molecule has 1 unspecified atom stereocenters. The summed E-state index contributed by atoms with van der Waals surface area (Å²) in [5.41, 5.74) is 0.739. The van der Waals surface area contributed by atoms with E-state index in [-0.39, 0.29) is 18.2 Å². The van der Waals surface area contributed by atoms with Crippen LogP contribution in [0.1, 0.15) is 45.2 Å². The number of aromatic nitrogens is 1. The number of ether oxygens (including phenoxy) is 1. The fraction of sp³-hybridized carbons (Fsp3) is 0.750. The summed E-state index contributed by atoms with van der Waals surface area (Å²) in [4.78, 5) is 33.1. The first kappa shape index (κ1) is 21.2. The monoisotopic (exact) mass is 408 g/mol. The number of hydrogen-bond acceptors (Lipinski definition) is 6. The first-order chi connectivity index (χ1) is 13.6. The molecule has 1 aromatic heterocycles. The largest absolute Gasteiger partial charge is 0.379 e. The average molecular weight is 409 g/mol. The molecular weight excluding hydrogens is 376 g/mol. The maximum absolute atomic E-state index is 12.5. The van der Waals surface area contributed by atoms with Crippen LogP contribution in [0.4, 0.5) is 5.13 Å². The zero-order valence-electron chi connectivity index (χ0n) is 17.0. The molecule has 2 amide bonds. The number of nitrogens with zero attached hydrogens (tertiary/aromatic N) is 3. The number of thiazole rings is 1. The normalized spacial score (nSPS) is 19.4. The summed E-state index contributed by atoms with van der Waals surface area (Å²) in [5.74, 6) is 0.683. The molecule has 156 valence electrons. The Morgan fingerprint density at radius 2 is 2.04 bits per heavy atom. The molecule has 8 heteroatoms. The molecule has 2 aliphatic rings. The molecule has 1 N–H and O–H groups in total. The molecule has 0 aromatic carbocycles. The summed E-state index contributed by atoms with van der Waals surface area (Å²) >= 11 is 1.44. The highest BCUT2D eigenvalue weighted by atomic mass is 32.1. The van der Waals surface area contributed by atoms with E-state index < -0.39 is 0 Å². The molecule has 0 radical (unpaired) electrons. The van der Waals surface area contributed by atoms with Gasteiger partial charge < -0.3 is 10.1 Å². The minimum absolute atomic E-state index is 0.00573. The fourth-order valence-electron chi connectivity index (χ4n) is 4.13. The quantitative estimate of drug-likeness (QED) is 0.677. The standard InChI is InChI=1S/C20H32N4O3S/c1-3-15(4-2)17(23-8-10-27-11-9-23)13-21-18(25)12-16-14-28-20(22-16)24-7-5-6-19(24)26/h14-15,17H,3-13H2,1-2H3,(H,21,25). The lowest BCUT2D eigenvalue weighted by molar-refractivity contribution is -0.121. The number of anilines is 1. The topological polar surface area (TPSA) is 74.8 Å². The van der Waals surface area contributed by atoms with Crippen molar-refractivity contribution in [2.45, 2.75) is 52.0 Å². The van der Waals surface area contributed by atoms with Gasteiger partial charge in [-0.05, 0) is 12.3 Å². The van der Waals surface area contributed by atoms with Crippen molar-refractivity contribution in [3.63, 3.8) is 0 Å². The molecule has 0 spiro atoms. The van der Waals surface area contributed by atoms with Crippen LogP contribution in [0.25, 0.3) is 0 Å². The molecule has 1 atom stereocenters. The molecule has 0 bridgehead atoms. The second-order valence-electron chi connectivity index (χ2n) is 7.54. The van der Waals surface area contributed by atoms with Crippen molar-refractivity contribution in [1.29, 1.82) is 0 Å². The van der Waals surface area contributed by atoms with E-state index in [0.717, 1.165) is 57.8 Å². The van der Waals surface area contributed by atoms with Gasteiger partial charge >= 0.3 is 0 Å². The van der Waals surface area contributed by atoms with Crippen LogP contribution in [0.2, 0.25) is 0 Å². The third-order valence-corrected chi connectivity index (χ3v) is 6.71. The molecule has 2 aliphatic heterocycles. The van der Waals surface area contributed by atoms with E-state index in [9.17, 15) is 9.59 Å². The van der Waals surface area contributed by atoms with Gasteiger partial charge in [-0.2, -0.15) is 0 Å². The van der Waals surface area contributed by atoms with Gasteiger partial charge in [-0.15, -0.1) is 11.3 Å². The van der Waals surface area contributed by atoms with Crippen molar-refractivity contribution in [3.8, 4) is 0 Å². The highest BCUT2D eigenvalue weighted by molar-refractivity contribution is 7.14. The van der Waals surface area contributed by atoms with Crippen LogP contribution in [-0.2, 0) is 20.7 Å². The minimum atomic E-state index is -0.00573. The lowest BCUT2D eigenvalue weighted by atomic mass is 9.92. The third-order valence-electron chi connectivity index (χ3n) is 5.80. The van der Waals surface area contributed by atoms with Gasteiger partial charge in [0.15, 0.2) is 5.13 Å². The van der Waals surface area contributed by atoms with E-state index in [4.69, 9.17) is 4.74 Å². The number of carbonyl (C=O) groups excluding carboxylic acids is 2. The van der Waals surface area contributed by atoms with Crippen LogP contribution in [0.3, 0.4) is 0 Å². The van der Waals surface area contributed by atoms with E-state index in [1.165, 1.54) is 11.3 Å². The smallest absolute Gasteiger partial charge is 0.228 e. The van der Waals surface area contributed by atoms with Crippen molar-refractivity contribution in [3.05, 3.63) is 11.1 Å². The highest BCUT2D eigenvalue weighted by Crippen LogP contribution is 2.25. The number of hydrogen-bond donors (Lipinski definition) is 1. The maximum atomic E-state index is 12.5. The van der Waals surface area contributed by atoms with Crippen LogP contribution in [-0.4, -0.2) is 67.1 Å². The predicted octanol–water partition coefficient (Wildman–Crippen LogP) is 2.07. The summed E-state index contributed by atoms with van der Waals surface area (Å²) in [7, 11) is 0. The first-order valence-electron chi connectivity index (χ1n) is 10.5. The van der Waals surface area contributed by atoms with Crippen LogP contribution in [0.5, 0.6) is 0 Å². The number of nitrogens with one attached hydrogen (secondary N) is 1. The second-order valence-corrected chi connectivity index (χ2v) is 8.38. The summed E-state index contributed by atoms with van der Waals surface area (Å²) < 4.78 is 5.49. The summed E-state index contributed by atoms with van der Waals surface area (Å²) in [6.07, 6.45) is 3.94. The van der Waals surface area contributed by atoms with Crippen molar-refractivity contribution in [2.24, 2.45) is 5.92 Å². The van der Waals surface area contributed by atoms with Gasteiger partial charge in [0.05, 0.1) is 25.3 Å². The molecule has 2 saturated heterocycles. The Kier molecular flexibility index (Phi) is 7.82. The van der Waals surface area contributed by atoms with Gasteiger partial charge in [0.2, 0.25) is 11.8 Å². The summed E-state index contributed by atoms with van der Waals surface area (Å²) in [6.45, 7) is 9.22. The fourth-order valence-corrected chi connectivity index (χ4v) is 5.00. The Hall–Kier alpha value is -1.51. The lowest BCUT2D eigenvalue weighted by Gasteiger charge is -2.38. The molecule has 3 rings (SSSR count). The van der Waals surface area contributed by atoms with Gasteiger partial charge in [0.1, 0.15) is 0 Å². The van der Waals surface area contributed by atoms with E-state index in [2.05, 4.69) is 29.0 Å². The molecule has 0 aliphatic carbocycles. The predicted molar refractivity (Wildman–Crippen MR) is 111 cm³/mol. The zero-order chi connectivity index (χ0) is 19.9. The van der Waals surface area contributed by atoms with Crippen molar-refractivity contribution >= 4 is 28.3 Å². The molecule has 28 heavy (non-hydrogen) atoms. The average Bonchev–Trinajstić information content (AvgIpc) is 3.34. The van der Waals surface area contributed by atoms with Gasteiger partial charge in [0.25, 0.3) is 0 Å². The van der Waals surface area contributed by atoms with E-state index >= 15 is 0 Å².